The van der Waals surface area contributed by atoms with Gasteiger partial charge in [-0.15, -0.1) is 11.3 Å². The Morgan fingerprint density at radius 1 is 1.32 bits per heavy atom. The summed E-state index contributed by atoms with van der Waals surface area (Å²) in [5.74, 6) is -0.745. The van der Waals surface area contributed by atoms with E-state index in [0.29, 0.717) is 4.88 Å². The van der Waals surface area contributed by atoms with E-state index in [2.05, 4.69) is 9.97 Å². The van der Waals surface area contributed by atoms with Crippen LogP contribution in [0.4, 0.5) is 0 Å². The standard InChI is InChI=1S/C18H23N3O3S/c1-5-13-19-11(4)14-10(3)15(25-16(14)20-13)17(22)21(12-6-7-12)8-9(2)18(23)24/h9,12H,5-8H2,1-4H3,(H,23,24)/t9-/m0/s1. The van der Waals surface area contributed by atoms with Crippen molar-refractivity contribution in [3.63, 3.8) is 0 Å². The summed E-state index contributed by atoms with van der Waals surface area (Å²) < 4.78 is 0. The minimum absolute atomic E-state index is 0.0754. The summed E-state index contributed by atoms with van der Waals surface area (Å²) in [6, 6.07) is 0.164. The molecule has 1 fully saturated rings. The summed E-state index contributed by atoms with van der Waals surface area (Å²) in [5, 5.41) is 10.1. The highest BCUT2D eigenvalue weighted by molar-refractivity contribution is 7.20. The second-order valence-corrected chi connectivity index (χ2v) is 7.74. The first-order valence-corrected chi connectivity index (χ1v) is 9.45. The second kappa shape index (κ2) is 6.71. The number of carbonyl (C=O) groups is 2. The normalized spacial score (nSPS) is 15.4. The molecule has 3 rings (SSSR count). The number of fused-ring (bicyclic) bond motifs is 1. The van der Waals surface area contributed by atoms with E-state index in [1.165, 1.54) is 11.3 Å². The van der Waals surface area contributed by atoms with Crippen LogP contribution in [0.25, 0.3) is 10.2 Å². The topological polar surface area (TPSA) is 83.4 Å². The van der Waals surface area contributed by atoms with E-state index in [1.54, 1.807) is 11.8 Å². The molecule has 0 aliphatic heterocycles. The maximum atomic E-state index is 13.1. The van der Waals surface area contributed by atoms with Gasteiger partial charge in [-0.3, -0.25) is 9.59 Å². The first-order chi connectivity index (χ1) is 11.8. The number of carboxylic acids is 1. The lowest BCUT2D eigenvalue weighted by molar-refractivity contribution is -0.141. The van der Waals surface area contributed by atoms with Crippen LogP contribution in [0.15, 0.2) is 0 Å². The van der Waals surface area contributed by atoms with E-state index in [1.807, 2.05) is 20.8 Å². The van der Waals surface area contributed by atoms with Crippen molar-refractivity contribution in [3.8, 4) is 0 Å². The minimum Gasteiger partial charge on any atom is -0.481 e. The Labute approximate surface area is 150 Å². The van der Waals surface area contributed by atoms with Gasteiger partial charge in [-0.05, 0) is 32.3 Å². The van der Waals surface area contributed by atoms with Crippen molar-refractivity contribution in [2.45, 2.75) is 53.0 Å². The molecule has 7 heteroatoms. The van der Waals surface area contributed by atoms with Crippen molar-refractivity contribution in [1.82, 2.24) is 14.9 Å². The van der Waals surface area contributed by atoms with Gasteiger partial charge in [0.05, 0.1) is 10.8 Å². The Balaban J connectivity index is 1.99. The highest BCUT2D eigenvalue weighted by atomic mass is 32.1. The molecule has 0 radical (unpaired) electrons. The Morgan fingerprint density at radius 3 is 2.56 bits per heavy atom. The van der Waals surface area contributed by atoms with Crippen molar-refractivity contribution >= 4 is 33.4 Å². The number of thiophene rings is 1. The Bertz CT molecular complexity index is 842. The zero-order valence-corrected chi connectivity index (χ0v) is 15.8. The number of hydrogen-bond donors (Lipinski definition) is 1. The molecule has 0 aromatic carbocycles. The third-order valence-corrected chi connectivity index (χ3v) is 5.84. The van der Waals surface area contributed by atoms with Crippen molar-refractivity contribution in [2.24, 2.45) is 5.92 Å². The molecule has 2 aromatic heterocycles. The van der Waals surface area contributed by atoms with Gasteiger partial charge in [0.1, 0.15) is 10.7 Å². The van der Waals surface area contributed by atoms with Gasteiger partial charge in [0.15, 0.2) is 0 Å². The van der Waals surface area contributed by atoms with Gasteiger partial charge in [-0.1, -0.05) is 13.8 Å². The molecule has 0 bridgehead atoms. The van der Waals surface area contributed by atoms with E-state index >= 15 is 0 Å². The molecule has 0 spiro atoms. The molecule has 134 valence electrons. The maximum absolute atomic E-state index is 13.1. The van der Waals surface area contributed by atoms with Crippen LogP contribution in [-0.2, 0) is 11.2 Å². The van der Waals surface area contributed by atoms with Crippen LogP contribution in [0.3, 0.4) is 0 Å². The van der Waals surface area contributed by atoms with E-state index in [9.17, 15) is 14.7 Å². The number of aromatic nitrogens is 2. The lowest BCUT2D eigenvalue weighted by atomic mass is 10.1. The van der Waals surface area contributed by atoms with Crippen molar-refractivity contribution in [3.05, 3.63) is 22.0 Å². The molecular weight excluding hydrogens is 338 g/mol. The molecule has 2 heterocycles. The summed E-state index contributed by atoms with van der Waals surface area (Å²) in [4.78, 5) is 36.7. The highest BCUT2D eigenvalue weighted by Crippen LogP contribution is 2.35. The molecule has 1 aliphatic carbocycles. The van der Waals surface area contributed by atoms with Gasteiger partial charge >= 0.3 is 5.97 Å². The second-order valence-electron chi connectivity index (χ2n) is 6.74. The van der Waals surface area contributed by atoms with E-state index in [-0.39, 0.29) is 18.5 Å². The molecule has 6 nitrogen and oxygen atoms in total. The lowest BCUT2D eigenvalue weighted by Gasteiger charge is -2.24. The molecule has 25 heavy (non-hydrogen) atoms. The van der Waals surface area contributed by atoms with E-state index in [4.69, 9.17) is 0 Å². The van der Waals surface area contributed by atoms with Crippen LogP contribution in [0.1, 0.15) is 53.4 Å². The number of amides is 1. The number of aliphatic carboxylic acids is 1. The van der Waals surface area contributed by atoms with Gasteiger partial charge in [0, 0.05) is 30.1 Å². The van der Waals surface area contributed by atoms with Crippen LogP contribution >= 0.6 is 11.3 Å². The smallest absolute Gasteiger partial charge is 0.308 e. The number of aryl methyl sites for hydroxylation is 3. The predicted molar refractivity (Wildman–Crippen MR) is 97.1 cm³/mol. The fourth-order valence-corrected chi connectivity index (χ4v) is 4.25. The summed E-state index contributed by atoms with van der Waals surface area (Å²) >= 11 is 1.39. The Kier molecular flexibility index (Phi) is 4.77. The molecular formula is C18H23N3O3S. The maximum Gasteiger partial charge on any atom is 0.308 e. The number of nitrogens with zero attached hydrogens (tertiary/aromatic N) is 3. The highest BCUT2D eigenvalue weighted by Gasteiger charge is 2.36. The van der Waals surface area contributed by atoms with Crippen molar-refractivity contribution in [1.29, 1.82) is 0 Å². The molecule has 1 atom stereocenters. The number of carbonyl (C=O) groups excluding carboxylic acids is 1. The average molecular weight is 361 g/mol. The molecule has 0 unspecified atom stereocenters. The monoisotopic (exact) mass is 361 g/mol. The summed E-state index contributed by atoms with van der Waals surface area (Å²) in [6.07, 6.45) is 2.64. The summed E-state index contributed by atoms with van der Waals surface area (Å²) in [7, 11) is 0. The lowest BCUT2D eigenvalue weighted by Crippen LogP contribution is -2.38. The average Bonchev–Trinajstić information content (AvgIpc) is 3.35. The fraction of sp³-hybridized carbons (Fsp3) is 0.556. The summed E-state index contributed by atoms with van der Waals surface area (Å²) in [6.45, 7) is 7.78. The first-order valence-electron chi connectivity index (χ1n) is 8.63. The quantitative estimate of drug-likeness (QED) is 0.854. The zero-order valence-electron chi connectivity index (χ0n) is 15.0. The molecule has 1 aliphatic rings. The van der Waals surface area contributed by atoms with Gasteiger partial charge in [0.25, 0.3) is 5.91 Å². The minimum atomic E-state index is -0.874. The van der Waals surface area contributed by atoms with Crippen molar-refractivity contribution < 1.29 is 14.7 Å². The molecule has 1 N–H and O–H groups in total. The predicted octanol–water partition coefficient (Wildman–Crippen LogP) is 3.20. The van der Waals surface area contributed by atoms with Crippen LogP contribution in [-0.4, -0.2) is 44.4 Å². The number of hydrogen-bond acceptors (Lipinski definition) is 5. The van der Waals surface area contributed by atoms with Crippen LogP contribution in [0.5, 0.6) is 0 Å². The van der Waals surface area contributed by atoms with Crippen LogP contribution < -0.4 is 0 Å². The van der Waals surface area contributed by atoms with E-state index < -0.39 is 11.9 Å². The van der Waals surface area contributed by atoms with Gasteiger partial charge in [-0.25, -0.2) is 9.97 Å². The molecule has 0 saturated heterocycles. The van der Waals surface area contributed by atoms with Crippen molar-refractivity contribution in [2.75, 3.05) is 6.54 Å². The van der Waals surface area contributed by atoms with E-state index in [0.717, 1.165) is 46.6 Å². The molecule has 1 amide bonds. The Hall–Kier alpha value is -2.02. The third kappa shape index (κ3) is 3.38. The molecule has 1 saturated carbocycles. The Morgan fingerprint density at radius 2 is 2.00 bits per heavy atom. The van der Waals surface area contributed by atoms with Crippen LogP contribution in [0.2, 0.25) is 0 Å². The van der Waals surface area contributed by atoms with Crippen LogP contribution in [0, 0.1) is 19.8 Å². The summed E-state index contributed by atoms with van der Waals surface area (Å²) in [5.41, 5.74) is 1.80. The first kappa shape index (κ1) is 17.8. The number of rotatable bonds is 6. The number of carboxylic acid groups (broad SMARTS) is 1. The van der Waals surface area contributed by atoms with Gasteiger partial charge in [-0.2, -0.15) is 0 Å². The van der Waals surface area contributed by atoms with Gasteiger partial charge < -0.3 is 10.0 Å². The largest absolute Gasteiger partial charge is 0.481 e. The molecule has 2 aromatic rings. The zero-order chi connectivity index (χ0) is 18.3. The van der Waals surface area contributed by atoms with Gasteiger partial charge in [0.2, 0.25) is 0 Å². The third-order valence-electron chi connectivity index (χ3n) is 4.67. The SMILES string of the molecule is CCc1nc(C)c2c(C)c(C(=O)N(C[C@H](C)C(=O)O)C3CC3)sc2n1. The fourth-order valence-electron chi connectivity index (χ4n) is 3.04.